The SMILES string of the molecule is COc1ccc(NC(=O)CC2SC(=Nc3cc(C)cc(C)c3)N(Cc3ccco3)C2=O)c(OC)c1. The minimum Gasteiger partial charge on any atom is -0.497 e. The number of rotatable bonds is 8. The lowest BCUT2D eigenvalue weighted by atomic mass is 10.1. The van der Waals surface area contributed by atoms with Crippen molar-refractivity contribution >= 4 is 40.1 Å². The Balaban J connectivity index is 1.54. The fourth-order valence-electron chi connectivity index (χ4n) is 3.83. The van der Waals surface area contributed by atoms with Gasteiger partial charge in [0.2, 0.25) is 11.8 Å². The summed E-state index contributed by atoms with van der Waals surface area (Å²) in [7, 11) is 3.07. The summed E-state index contributed by atoms with van der Waals surface area (Å²) in [4.78, 5) is 32.5. The number of ether oxygens (including phenoxy) is 2. The first-order chi connectivity index (χ1) is 16.9. The highest BCUT2D eigenvalue weighted by Crippen LogP contribution is 2.34. The lowest BCUT2D eigenvalue weighted by molar-refractivity contribution is -0.128. The molecule has 35 heavy (non-hydrogen) atoms. The van der Waals surface area contributed by atoms with E-state index in [-0.39, 0.29) is 24.8 Å². The zero-order valence-corrected chi connectivity index (χ0v) is 20.8. The van der Waals surface area contributed by atoms with Gasteiger partial charge in [-0.25, -0.2) is 4.99 Å². The number of furan rings is 1. The first-order valence-electron chi connectivity index (χ1n) is 11.1. The van der Waals surface area contributed by atoms with Crippen LogP contribution in [0.2, 0.25) is 0 Å². The van der Waals surface area contributed by atoms with Gasteiger partial charge < -0.3 is 19.2 Å². The normalized spacial score (nSPS) is 16.6. The molecule has 1 atom stereocenters. The summed E-state index contributed by atoms with van der Waals surface area (Å²) in [5.74, 6) is 1.23. The van der Waals surface area contributed by atoms with Crippen LogP contribution in [-0.2, 0) is 16.1 Å². The van der Waals surface area contributed by atoms with Gasteiger partial charge in [0, 0.05) is 12.5 Å². The molecule has 0 spiro atoms. The molecule has 0 bridgehead atoms. The predicted octanol–water partition coefficient (Wildman–Crippen LogP) is 5.07. The summed E-state index contributed by atoms with van der Waals surface area (Å²) in [6.45, 7) is 4.25. The molecule has 2 aromatic carbocycles. The fraction of sp³-hybridized carbons (Fsp3) is 0.269. The third-order valence-electron chi connectivity index (χ3n) is 5.40. The Kier molecular flexibility index (Phi) is 7.45. The number of aryl methyl sites for hydroxylation is 2. The third kappa shape index (κ3) is 5.86. The number of aliphatic imine (C=N–C) groups is 1. The van der Waals surface area contributed by atoms with Crippen LogP contribution in [0.3, 0.4) is 0 Å². The van der Waals surface area contributed by atoms with Crippen molar-refractivity contribution in [2.75, 3.05) is 19.5 Å². The molecule has 1 saturated heterocycles. The Morgan fingerprint density at radius 1 is 1.11 bits per heavy atom. The summed E-state index contributed by atoms with van der Waals surface area (Å²) < 4.78 is 16.0. The van der Waals surface area contributed by atoms with E-state index in [4.69, 9.17) is 18.9 Å². The first-order valence-corrected chi connectivity index (χ1v) is 11.9. The van der Waals surface area contributed by atoms with Gasteiger partial charge in [-0.05, 0) is 61.4 Å². The molecule has 2 heterocycles. The van der Waals surface area contributed by atoms with Crippen LogP contribution in [0.1, 0.15) is 23.3 Å². The molecule has 3 aromatic rings. The minimum atomic E-state index is -0.612. The van der Waals surface area contributed by atoms with Crippen molar-refractivity contribution in [2.45, 2.75) is 32.1 Å². The van der Waals surface area contributed by atoms with E-state index in [0.29, 0.717) is 28.1 Å². The van der Waals surface area contributed by atoms with Crippen LogP contribution in [0.5, 0.6) is 11.5 Å². The second kappa shape index (κ2) is 10.7. The van der Waals surface area contributed by atoms with Crippen molar-refractivity contribution < 1.29 is 23.5 Å². The maximum absolute atomic E-state index is 13.3. The molecule has 1 N–H and O–H groups in total. The number of carbonyl (C=O) groups is 2. The number of thioether (sulfide) groups is 1. The largest absolute Gasteiger partial charge is 0.497 e. The van der Waals surface area contributed by atoms with Crippen LogP contribution < -0.4 is 14.8 Å². The summed E-state index contributed by atoms with van der Waals surface area (Å²) >= 11 is 1.28. The number of benzene rings is 2. The molecule has 4 rings (SSSR count). The molecule has 1 unspecified atom stereocenters. The predicted molar refractivity (Wildman–Crippen MR) is 136 cm³/mol. The van der Waals surface area contributed by atoms with E-state index in [0.717, 1.165) is 16.8 Å². The summed E-state index contributed by atoms with van der Waals surface area (Å²) in [5, 5.41) is 2.76. The van der Waals surface area contributed by atoms with Crippen LogP contribution in [0.25, 0.3) is 0 Å². The molecule has 1 aliphatic rings. The van der Waals surface area contributed by atoms with E-state index in [9.17, 15) is 9.59 Å². The van der Waals surface area contributed by atoms with Crippen molar-refractivity contribution in [3.8, 4) is 11.5 Å². The summed E-state index contributed by atoms with van der Waals surface area (Å²) in [6.07, 6.45) is 1.55. The average molecular weight is 494 g/mol. The maximum Gasteiger partial charge on any atom is 0.243 e. The van der Waals surface area contributed by atoms with Crippen LogP contribution in [0.4, 0.5) is 11.4 Å². The van der Waals surface area contributed by atoms with E-state index < -0.39 is 5.25 Å². The van der Waals surface area contributed by atoms with Gasteiger partial charge in [0.1, 0.15) is 22.5 Å². The molecular formula is C26H27N3O5S. The van der Waals surface area contributed by atoms with E-state index >= 15 is 0 Å². The second-order valence-corrected chi connectivity index (χ2v) is 9.34. The van der Waals surface area contributed by atoms with Crippen LogP contribution in [0.15, 0.2) is 64.2 Å². The molecule has 1 fully saturated rings. The Morgan fingerprint density at radius 2 is 1.89 bits per heavy atom. The van der Waals surface area contributed by atoms with Gasteiger partial charge in [-0.15, -0.1) is 0 Å². The Bertz CT molecular complexity index is 1240. The van der Waals surface area contributed by atoms with E-state index in [1.54, 1.807) is 42.5 Å². The van der Waals surface area contributed by atoms with Crippen LogP contribution >= 0.6 is 11.8 Å². The summed E-state index contributed by atoms with van der Waals surface area (Å²) in [6, 6.07) is 14.7. The van der Waals surface area contributed by atoms with Crippen molar-refractivity contribution in [1.29, 1.82) is 0 Å². The van der Waals surface area contributed by atoms with Gasteiger partial charge in [-0.2, -0.15) is 0 Å². The van der Waals surface area contributed by atoms with Gasteiger partial charge in [0.25, 0.3) is 0 Å². The molecule has 1 aromatic heterocycles. The highest BCUT2D eigenvalue weighted by atomic mass is 32.2. The maximum atomic E-state index is 13.3. The lowest BCUT2D eigenvalue weighted by Gasteiger charge is -2.15. The van der Waals surface area contributed by atoms with Crippen LogP contribution in [-0.4, -0.2) is 41.4 Å². The molecule has 0 radical (unpaired) electrons. The van der Waals surface area contributed by atoms with Gasteiger partial charge in [-0.1, -0.05) is 17.8 Å². The highest BCUT2D eigenvalue weighted by Gasteiger charge is 2.39. The molecule has 8 nitrogen and oxygen atoms in total. The van der Waals surface area contributed by atoms with Gasteiger partial charge in [0.05, 0.1) is 38.4 Å². The number of hydrogen-bond acceptors (Lipinski definition) is 7. The number of nitrogens with one attached hydrogen (secondary N) is 1. The quantitative estimate of drug-likeness (QED) is 0.471. The highest BCUT2D eigenvalue weighted by molar-refractivity contribution is 8.15. The number of amidine groups is 1. The standard InChI is InChI=1S/C26H27N3O5S/c1-16-10-17(2)12-18(11-16)27-26-29(15-20-6-5-9-34-20)25(31)23(35-26)14-24(30)28-21-8-7-19(32-3)13-22(21)33-4/h5-13,23H,14-15H2,1-4H3,(H,28,30). The van der Waals surface area contributed by atoms with E-state index in [1.807, 2.05) is 32.0 Å². The van der Waals surface area contributed by atoms with Gasteiger partial charge >= 0.3 is 0 Å². The van der Waals surface area contributed by atoms with Crippen molar-refractivity contribution in [2.24, 2.45) is 4.99 Å². The number of methoxy groups -OCH3 is 2. The van der Waals surface area contributed by atoms with Crippen molar-refractivity contribution in [1.82, 2.24) is 4.90 Å². The molecule has 0 saturated carbocycles. The number of carbonyl (C=O) groups excluding carboxylic acids is 2. The number of nitrogens with zero attached hydrogens (tertiary/aromatic N) is 2. The third-order valence-corrected chi connectivity index (χ3v) is 6.57. The molecule has 2 amide bonds. The topological polar surface area (TPSA) is 93.4 Å². The monoisotopic (exact) mass is 493 g/mol. The Hall–Kier alpha value is -3.72. The minimum absolute atomic E-state index is 0.0147. The Morgan fingerprint density at radius 3 is 2.54 bits per heavy atom. The Labute approximate surface area is 208 Å². The van der Waals surface area contributed by atoms with E-state index in [1.165, 1.54) is 18.9 Å². The first kappa shape index (κ1) is 24.4. The van der Waals surface area contributed by atoms with Crippen LogP contribution in [0, 0.1) is 13.8 Å². The number of amides is 2. The second-order valence-electron chi connectivity index (χ2n) is 8.17. The molecular weight excluding hydrogens is 466 g/mol. The average Bonchev–Trinajstić information content (AvgIpc) is 3.43. The summed E-state index contributed by atoms with van der Waals surface area (Å²) in [5.41, 5.74) is 3.43. The zero-order valence-electron chi connectivity index (χ0n) is 20.0. The van der Waals surface area contributed by atoms with Crippen molar-refractivity contribution in [3.63, 3.8) is 0 Å². The molecule has 1 aliphatic heterocycles. The number of anilines is 1. The fourth-order valence-corrected chi connectivity index (χ4v) is 4.98. The smallest absolute Gasteiger partial charge is 0.243 e. The zero-order chi connectivity index (χ0) is 24.9. The molecule has 182 valence electrons. The van der Waals surface area contributed by atoms with Crippen molar-refractivity contribution in [3.05, 3.63) is 71.7 Å². The lowest BCUT2D eigenvalue weighted by Crippen LogP contribution is -2.33. The molecule has 0 aliphatic carbocycles. The van der Waals surface area contributed by atoms with Gasteiger partial charge in [0.15, 0.2) is 5.17 Å². The number of hydrogen-bond donors (Lipinski definition) is 1. The molecule has 9 heteroatoms. The van der Waals surface area contributed by atoms with E-state index in [2.05, 4.69) is 11.4 Å². The van der Waals surface area contributed by atoms with Gasteiger partial charge in [-0.3, -0.25) is 14.5 Å².